The Bertz CT molecular complexity index is 989. The van der Waals surface area contributed by atoms with Crippen LogP contribution in [-0.2, 0) is 9.59 Å². The Labute approximate surface area is 184 Å². The van der Waals surface area contributed by atoms with Gasteiger partial charge in [0.15, 0.2) is 0 Å². The highest BCUT2D eigenvalue weighted by molar-refractivity contribution is 8.00. The number of rotatable bonds is 7. The van der Waals surface area contributed by atoms with E-state index in [4.69, 9.17) is 11.0 Å². The molecule has 0 radical (unpaired) electrons. The molecule has 1 fully saturated rings. The molecular formula is C23H23F2N3O2S. The Morgan fingerprint density at radius 2 is 1.90 bits per heavy atom. The topological polar surface area (TPSA) is 96.0 Å². The summed E-state index contributed by atoms with van der Waals surface area (Å²) in [6, 6.07) is 16.9. The molecule has 1 saturated carbocycles. The lowest BCUT2D eigenvalue weighted by Gasteiger charge is -2.36. The highest BCUT2D eigenvalue weighted by atomic mass is 32.2. The largest absolute Gasteiger partial charge is 0.369 e. The van der Waals surface area contributed by atoms with Crippen LogP contribution in [0.15, 0.2) is 53.4 Å². The summed E-state index contributed by atoms with van der Waals surface area (Å²) in [6.07, 6.45) is -0.635. The molecule has 5 nitrogen and oxygen atoms in total. The second-order valence-corrected chi connectivity index (χ2v) is 8.60. The summed E-state index contributed by atoms with van der Waals surface area (Å²) in [5.41, 5.74) is 7.80. The number of nitrogens with zero attached hydrogens (tertiary/aromatic N) is 1. The lowest BCUT2D eigenvalue weighted by molar-refractivity contribution is -0.133. The van der Waals surface area contributed by atoms with Crippen molar-refractivity contribution in [3.63, 3.8) is 0 Å². The average molecular weight is 444 g/mol. The summed E-state index contributed by atoms with van der Waals surface area (Å²) < 4.78 is 28.3. The van der Waals surface area contributed by atoms with Crippen LogP contribution in [0.4, 0.5) is 8.78 Å². The summed E-state index contributed by atoms with van der Waals surface area (Å²) in [7, 11) is 0. The van der Waals surface area contributed by atoms with Gasteiger partial charge in [-0.25, -0.2) is 8.78 Å². The molecule has 162 valence electrons. The summed E-state index contributed by atoms with van der Waals surface area (Å²) in [4.78, 5) is 24.5. The van der Waals surface area contributed by atoms with Crippen molar-refractivity contribution in [2.45, 2.75) is 36.0 Å². The number of thioether (sulfide) groups is 1. The van der Waals surface area contributed by atoms with Crippen LogP contribution in [0, 0.1) is 17.2 Å². The Kier molecular flexibility index (Phi) is 7.29. The number of nitrogens with one attached hydrogen (secondary N) is 1. The van der Waals surface area contributed by atoms with Gasteiger partial charge in [-0.2, -0.15) is 5.26 Å². The van der Waals surface area contributed by atoms with Crippen LogP contribution in [0.25, 0.3) is 11.1 Å². The van der Waals surface area contributed by atoms with Crippen molar-refractivity contribution in [1.82, 2.24) is 5.32 Å². The lowest BCUT2D eigenvalue weighted by Crippen LogP contribution is -2.41. The van der Waals surface area contributed by atoms with Crippen molar-refractivity contribution in [3.05, 3.63) is 54.1 Å². The van der Waals surface area contributed by atoms with Crippen molar-refractivity contribution in [3.8, 4) is 17.2 Å². The summed E-state index contributed by atoms with van der Waals surface area (Å²) >= 11 is 1.34. The molecule has 0 spiro atoms. The number of halogens is 2. The predicted octanol–water partition coefficient (Wildman–Crippen LogP) is 4.09. The molecule has 31 heavy (non-hydrogen) atoms. The fraction of sp³-hybridized carbons (Fsp3) is 0.348. The Balaban J connectivity index is 1.91. The first-order valence-electron chi connectivity index (χ1n) is 9.93. The maximum Gasteiger partial charge on any atom is 0.249 e. The van der Waals surface area contributed by atoms with E-state index in [2.05, 4.69) is 5.32 Å². The number of primary amides is 1. The number of benzene rings is 2. The Morgan fingerprint density at radius 3 is 2.58 bits per heavy atom. The molecule has 8 heteroatoms. The smallest absolute Gasteiger partial charge is 0.249 e. The number of hydrogen-bond donors (Lipinski definition) is 2. The van der Waals surface area contributed by atoms with Gasteiger partial charge >= 0.3 is 0 Å². The van der Waals surface area contributed by atoms with Gasteiger partial charge in [0.2, 0.25) is 17.7 Å². The summed E-state index contributed by atoms with van der Waals surface area (Å²) in [6.45, 7) is -0.209. The number of alkyl halides is 2. The average Bonchev–Trinajstić information content (AvgIpc) is 2.76. The maximum atomic E-state index is 14.1. The SMILES string of the molecule is N#CCNC(=O)C1CC(F)(F)CCC1c1ccccc1-c1ccc(SCC(N)=O)cc1. The van der Waals surface area contributed by atoms with Crippen molar-refractivity contribution >= 4 is 23.6 Å². The maximum absolute atomic E-state index is 14.1. The van der Waals surface area contributed by atoms with E-state index < -0.39 is 30.1 Å². The lowest BCUT2D eigenvalue weighted by atomic mass is 9.72. The van der Waals surface area contributed by atoms with Gasteiger partial charge in [0.05, 0.1) is 17.7 Å². The van der Waals surface area contributed by atoms with Crippen molar-refractivity contribution in [2.24, 2.45) is 11.7 Å². The molecule has 2 aromatic carbocycles. The third kappa shape index (κ3) is 5.82. The zero-order chi connectivity index (χ0) is 22.4. The minimum Gasteiger partial charge on any atom is -0.369 e. The van der Waals surface area contributed by atoms with Crippen LogP contribution < -0.4 is 11.1 Å². The second kappa shape index (κ2) is 9.92. The van der Waals surface area contributed by atoms with Crippen molar-refractivity contribution in [1.29, 1.82) is 5.26 Å². The van der Waals surface area contributed by atoms with Gasteiger partial charge in [-0.3, -0.25) is 9.59 Å². The van der Waals surface area contributed by atoms with E-state index in [0.29, 0.717) is 0 Å². The molecular weight excluding hydrogens is 420 g/mol. The normalized spacial score (nSPS) is 19.9. The number of carbonyl (C=O) groups excluding carboxylic acids is 2. The van der Waals surface area contributed by atoms with Crippen LogP contribution in [0.5, 0.6) is 0 Å². The van der Waals surface area contributed by atoms with Gasteiger partial charge in [-0.1, -0.05) is 36.4 Å². The third-order valence-electron chi connectivity index (χ3n) is 5.41. The predicted molar refractivity (Wildman–Crippen MR) is 115 cm³/mol. The third-order valence-corrected chi connectivity index (χ3v) is 6.44. The molecule has 0 aromatic heterocycles. The van der Waals surface area contributed by atoms with Crippen LogP contribution >= 0.6 is 11.8 Å². The van der Waals surface area contributed by atoms with E-state index in [1.807, 2.05) is 54.6 Å². The quantitative estimate of drug-likeness (QED) is 0.498. The van der Waals surface area contributed by atoms with E-state index in [0.717, 1.165) is 21.6 Å². The van der Waals surface area contributed by atoms with E-state index >= 15 is 0 Å². The first-order chi connectivity index (χ1) is 14.8. The first kappa shape index (κ1) is 22.8. The van der Waals surface area contributed by atoms with Crippen LogP contribution in [-0.4, -0.2) is 30.0 Å². The van der Waals surface area contributed by atoms with Crippen LogP contribution in [0.3, 0.4) is 0 Å². The molecule has 2 amide bonds. The highest BCUT2D eigenvalue weighted by Gasteiger charge is 2.45. The van der Waals surface area contributed by atoms with Gasteiger partial charge in [0.1, 0.15) is 6.54 Å². The molecule has 0 aliphatic heterocycles. The minimum absolute atomic E-state index is 0.182. The molecule has 1 aliphatic rings. The highest BCUT2D eigenvalue weighted by Crippen LogP contribution is 2.47. The molecule has 0 saturated heterocycles. The summed E-state index contributed by atoms with van der Waals surface area (Å²) in [5, 5.41) is 11.2. The fourth-order valence-corrected chi connectivity index (χ4v) is 4.65. The Hall–Kier alpha value is -2.92. The van der Waals surface area contributed by atoms with Crippen LogP contribution in [0.1, 0.15) is 30.7 Å². The number of amides is 2. The fourth-order valence-electron chi connectivity index (χ4n) is 4.01. The summed E-state index contributed by atoms with van der Waals surface area (Å²) in [5.74, 6) is -4.92. The van der Waals surface area contributed by atoms with Crippen molar-refractivity contribution < 1.29 is 18.4 Å². The second-order valence-electron chi connectivity index (χ2n) is 7.55. The van der Waals surface area contributed by atoms with E-state index in [-0.39, 0.29) is 31.1 Å². The van der Waals surface area contributed by atoms with Gasteiger partial charge in [-0.15, -0.1) is 11.8 Å². The number of carbonyl (C=O) groups is 2. The van der Waals surface area contributed by atoms with E-state index in [1.54, 1.807) is 0 Å². The molecule has 3 N–H and O–H groups in total. The van der Waals surface area contributed by atoms with Gasteiger partial charge in [0.25, 0.3) is 0 Å². The van der Waals surface area contributed by atoms with Gasteiger partial charge in [0, 0.05) is 17.7 Å². The zero-order valence-electron chi connectivity index (χ0n) is 16.8. The molecule has 1 aliphatic carbocycles. The number of hydrogen-bond acceptors (Lipinski definition) is 4. The van der Waals surface area contributed by atoms with Gasteiger partial charge < -0.3 is 11.1 Å². The molecule has 0 heterocycles. The number of nitrogens with two attached hydrogens (primary N) is 1. The molecule has 2 atom stereocenters. The van der Waals surface area contributed by atoms with Crippen molar-refractivity contribution in [2.75, 3.05) is 12.3 Å². The molecule has 2 aromatic rings. The van der Waals surface area contributed by atoms with Crippen LogP contribution in [0.2, 0.25) is 0 Å². The molecule has 0 bridgehead atoms. The monoisotopic (exact) mass is 443 g/mol. The zero-order valence-corrected chi connectivity index (χ0v) is 17.6. The molecule has 2 unspecified atom stereocenters. The number of nitriles is 1. The standard InChI is InChI=1S/C23H23F2N3O2S/c24-23(25)10-9-19(20(13-23)22(30)28-12-11-26)18-4-2-1-3-17(18)15-5-7-16(8-6-15)31-14-21(27)29/h1-8,19-20H,9-10,12-14H2,(H2,27,29)(H,28,30). The Morgan fingerprint density at radius 1 is 1.19 bits per heavy atom. The van der Waals surface area contributed by atoms with E-state index in [1.165, 1.54) is 11.8 Å². The first-order valence-corrected chi connectivity index (χ1v) is 10.9. The van der Waals surface area contributed by atoms with E-state index in [9.17, 15) is 18.4 Å². The minimum atomic E-state index is -2.90. The van der Waals surface area contributed by atoms with Gasteiger partial charge in [-0.05, 0) is 41.2 Å². The molecule has 3 rings (SSSR count).